The van der Waals surface area contributed by atoms with Crippen LogP contribution in [0.2, 0.25) is 0 Å². The topological polar surface area (TPSA) is 88.5 Å². The van der Waals surface area contributed by atoms with Gasteiger partial charge in [0.05, 0.1) is 7.11 Å². The number of carbonyl (C=O) groups is 2. The van der Waals surface area contributed by atoms with E-state index in [1.54, 1.807) is 6.92 Å². The number of aromatic nitrogens is 1. The summed E-state index contributed by atoms with van der Waals surface area (Å²) in [6.45, 7) is 5.64. The van der Waals surface area contributed by atoms with Crippen molar-refractivity contribution in [2.24, 2.45) is 5.92 Å². The van der Waals surface area contributed by atoms with E-state index in [1.165, 1.54) is 18.4 Å². The predicted molar refractivity (Wildman–Crippen MR) is 72.7 cm³/mol. The minimum Gasteiger partial charge on any atom is -0.480 e. The first-order chi connectivity index (χ1) is 8.85. The van der Waals surface area contributed by atoms with E-state index in [9.17, 15) is 9.59 Å². The van der Waals surface area contributed by atoms with Crippen molar-refractivity contribution in [3.05, 3.63) is 10.6 Å². The lowest BCUT2D eigenvalue weighted by atomic mass is 10.0. The number of thiazole rings is 1. The van der Waals surface area contributed by atoms with Gasteiger partial charge in [0.25, 0.3) is 0 Å². The maximum absolute atomic E-state index is 11.4. The first-order valence-corrected chi connectivity index (χ1v) is 6.71. The van der Waals surface area contributed by atoms with E-state index in [1.807, 2.05) is 13.8 Å². The fraction of sp³-hybridized carbons (Fsp3) is 0.583. The van der Waals surface area contributed by atoms with Gasteiger partial charge in [0.2, 0.25) is 0 Å². The quantitative estimate of drug-likeness (QED) is 0.779. The lowest BCUT2D eigenvalue weighted by Gasteiger charge is -2.15. The second kappa shape index (κ2) is 6.51. The van der Waals surface area contributed by atoms with Gasteiger partial charge in [-0.15, -0.1) is 11.3 Å². The van der Waals surface area contributed by atoms with Crippen molar-refractivity contribution >= 4 is 28.4 Å². The molecule has 0 bridgehead atoms. The zero-order valence-electron chi connectivity index (χ0n) is 11.4. The molecule has 0 aliphatic heterocycles. The number of anilines is 1. The predicted octanol–water partition coefficient (Wildman–Crippen LogP) is 2.15. The molecule has 0 saturated heterocycles. The number of carboxylic acid groups (broad SMARTS) is 1. The SMILES string of the molecule is COC(=O)c1nc(N[C@@H](CC(C)C)C(=O)O)sc1C. The second-order valence-corrected chi connectivity index (χ2v) is 5.78. The molecule has 0 unspecified atom stereocenters. The first kappa shape index (κ1) is 15.4. The molecule has 2 N–H and O–H groups in total. The standard InChI is InChI=1S/C12H18N2O4S/c1-6(2)5-8(10(15)16)13-12-14-9(7(3)19-12)11(17)18-4/h6,8H,5H2,1-4H3,(H,13,14)(H,15,16)/t8-/m0/s1. The third-order valence-electron chi connectivity index (χ3n) is 2.48. The smallest absolute Gasteiger partial charge is 0.357 e. The molecular formula is C12H18N2O4S. The maximum atomic E-state index is 11.4. The van der Waals surface area contributed by atoms with Crippen LogP contribution in [0.4, 0.5) is 5.13 Å². The number of ether oxygens (including phenoxy) is 1. The van der Waals surface area contributed by atoms with Gasteiger partial charge in [-0.25, -0.2) is 14.6 Å². The van der Waals surface area contributed by atoms with E-state index in [4.69, 9.17) is 5.11 Å². The van der Waals surface area contributed by atoms with Crippen molar-refractivity contribution < 1.29 is 19.4 Å². The number of aliphatic carboxylic acids is 1. The number of aryl methyl sites for hydroxylation is 1. The molecule has 0 saturated carbocycles. The molecular weight excluding hydrogens is 268 g/mol. The molecule has 1 heterocycles. The Kier molecular flexibility index (Phi) is 5.29. The molecule has 1 aromatic rings. The van der Waals surface area contributed by atoms with Gasteiger partial charge in [0, 0.05) is 4.88 Å². The van der Waals surface area contributed by atoms with E-state index in [2.05, 4.69) is 15.0 Å². The first-order valence-electron chi connectivity index (χ1n) is 5.90. The number of esters is 1. The van der Waals surface area contributed by atoms with Gasteiger partial charge in [-0.1, -0.05) is 13.8 Å². The third-order valence-corrected chi connectivity index (χ3v) is 3.38. The lowest BCUT2D eigenvalue weighted by Crippen LogP contribution is -2.30. The zero-order chi connectivity index (χ0) is 14.6. The molecule has 1 rings (SSSR count). The van der Waals surface area contributed by atoms with Crippen LogP contribution in [-0.4, -0.2) is 35.2 Å². The molecule has 6 nitrogen and oxygen atoms in total. The highest BCUT2D eigenvalue weighted by molar-refractivity contribution is 7.15. The fourth-order valence-corrected chi connectivity index (χ4v) is 2.44. The summed E-state index contributed by atoms with van der Waals surface area (Å²) >= 11 is 1.24. The Morgan fingerprint density at radius 1 is 1.47 bits per heavy atom. The van der Waals surface area contributed by atoms with Crippen LogP contribution in [-0.2, 0) is 9.53 Å². The van der Waals surface area contributed by atoms with Gasteiger partial charge in [0.15, 0.2) is 10.8 Å². The summed E-state index contributed by atoms with van der Waals surface area (Å²) in [6, 6.07) is -0.712. The van der Waals surface area contributed by atoms with Crippen molar-refractivity contribution in [2.45, 2.75) is 33.2 Å². The average molecular weight is 286 g/mol. The summed E-state index contributed by atoms with van der Waals surface area (Å²) in [7, 11) is 1.28. The molecule has 0 radical (unpaired) electrons. The summed E-state index contributed by atoms with van der Waals surface area (Å²) in [5, 5.41) is 12.4. The Bertz CT molecular complexity index is 470. The summed E-state index contributed by atoms with van der Waals surface area (Å²) in [5.41, 5.74) is 0.226. The highest BCUT2D eigenvalue weighted by atomic mass is 32.1. The average Bonchev–Trinajstić information content (AvgIpc) is 2.67. The molecule has 1 aromatic heterocycles. The highest BCUT2D eigenvalue weighted by Gasteiger charge is 2.22. The number of nitrogens with one attached hydrogen (secondary N) is 1. The maximum Gasteiger partial charge on any atom is 0.357 e. The number of nitrogens with zero attached hydrogens (tertiary/aromatic N) is 1. The Balaban J connectivity index is 2.86. The fourth-order valence-electron chi connectivity index (χ4n) is 1.59. The van der Waals surface area contributed by atoms with Gasteiger partial charge < -0.3 is 15.2 Å². The van der Waals surface area contributed by atoms with Crippen molar-refractivity contribution in [3.8, 4) is 0 Å². The molecule has 0 aliphatic carbocycles. The number of carboxylic acids is 1. The van der Waals surface area contributed by atoms with E-state index in [0.717, 1.165) is 0 Å². The molecule has 1 atom stereocenters. The van der Waals surface area contributed by atoms with Crippen LogP contribution in [0.3, 0.4) is 0 Å². The Morgan fingerprint density at radius 2 is 2.11 bits per heavy atom. The van der Waals surface area contributed by atoms with Crippen molar-refractivity contribution in [2.75, 3.05) is 12.4 Å². The van der Waals surface area contributed by atoms with Gasteiger partial charge in [-0.3, -0.25) is 0 Å². The molecule has 0 spiro atoms. The van der Waals surface area contributed by atoms with Crippen LogP contribution in [0.25, 0.3) is 0 Å². The summed E-state index contributed by atoms with van der Waals surface area (Å²) < 4.78 is 4.61. The molecule has 0 fully saturated rings. The van der Waals surface area contributed by atoms with E-state index >= 15 is 0 Å². The number of carbonyl (C=O) groups excluding carboxylic acids is 1. The third kappa shape index (κ3) is 4.20. The van der Waals surface area contributed by atoms with Crippen LogP contribution in [0, 0.1) is 12.8 Å². The molecule has 19 heavy (non-hydrogen) atoms. The number of hydrogen-bond donors (Lipinski definition) is 2. The Labute approximate surface area is 115 Å². The van der Waals surface area contributed by atoms with Crippen LogP contribution >= 0.6 is 11.3 Å². The number of rotatable bonds is 6. The van der Waals surface area contributed by atoms with E-state index < -0.39 is 18.0 Å². The summed E-state index contributed by atoms with van der Waals surface area (Å²) in [4.78, 5) is 27.3. The number of hydrogen-bond acceptors (Lipinski definition) is 6. The lowest BCUT2D eigenvalue weighted by molar-refractivity contribution is -0.138. The molecule has 0 aliphatic rings. The monoisotopic (exact) mass is 286 g/mol. The van der Waals surface area contributed by atoms with Gasteiger partial charge in [0.1, 0.15) is 6.04 Å². The van der Waals surface area contributed by atoms with Crippen LogP contribution in [0.1, 0.15) is 35.6 Å². The Hall–Kier alpha value is -1.63. The largest absolute Gasteiger partial charge is 0.480 e. The molecule has 0 aromatic carbocycles. The van der Waals surface area contributed by atoms with Crippen molar-refractivity contribution in [1.29, 1.82) is 0 Å². The zero-order valence-corrected chi connectivity index (χ0v) is 12.2. The van der Waals surface area contributed by atoms with Crippen LogP contribution in [0.5, 0.6) is 0 Å². The van der Waals surface area contributed by atoms with Crippen LogP contribution < -0.4 is 5.32 Å². The molecule has 106 valence electrons. The van der Waals surface area contributed by atoms with Gasteiger partial charge >= 0.3 is 11.9 Å². The van der Waals surface area contributed by atoms with Gasteiger partial charge in [-0.2, -0.15) is 0 Å². The van der Waals surface area contributed by atoms with Crippen LogP contribution in [0.15, 0.2) is 0 Å². The summed E-state index contributed by atoms with van der Waals surface area (Å²) in [6.07, 6.45) is 0.488. The Morgan fingerprint density at radius 3 is 2.58 bits per heavy atom. The highest BCUT2D eigenvalue weighted by Crippen LogP contribution is 2.24. The second-order valence-electron chi connectivity index (χ2n) is 4.58. The minimum absolute atomic E-state index is 0.226. The molecule has 7 heteroatoms. The van der Waals surface area contributed by atoms with E-state index in [-0.39, 0.29) is 11.6 Å². The summed E-state index contributed by atoms with van der Waals surface area (Å²) in [5.74, 6) is -1.20. The number of methoxy groups -OCH3 is 1. The minimum atomic E-state index is -0.929. The normalized spacial score (nSPS) is 12.3. The molecule has 0 amide bonds. The van der Waals surface area contributed by atoms with Gasteiger partial charge in [-0.05, 0) is 19.3 Å². The van der Waals surface area contributed by atoms with Crippen molar-refractivity contribution in [1.82, 2.24) is 4.98 Å². The van der Waals surface area contributed by atoms with E-state index in [0.29, 0.717) is 16.4 Å². The van der Waals surface area contributed by atoms with Crippen molar-refractivity contribution in [3.63, 3.8) is 0 Å².